The number of nitrogen functional groups attached to an aromatic ring is 1. The second-order valence-electron chi connectivity index (χ2n) is 3.76. The topological polar surface area (TPSA) is 50.9 Å². The van der Waals surface area contributed by atoms with E-state index in [-0.39, 0.29) is 5.02 Å². The van der Waals surface area contributed by atoms with Gasteiger partial charge < -0.3 is 11.1 Å². The van der Waals surface area contributed by atoms with Crippen LogP contribution in [0.25, 0.3) is 0 Å². The molecule has 1 aromatic heterocycles. The van der Waals surface area contributed by atoms with Crippen molar-refractivity contribution in [1.29, 1.82) is 0 Å². The normalized spacial score (nSPS) is 10.4. The number of nitrogens with one attached hydrogen (secondary N) is 1. The van der Waals surface area contributed by atoms with E-state index >= 15 is 0 Å². The molecule has 0 spiro atoms. The Balaban J connectivity index is 2.34. The van der Waals surface area contributed by atoms with Crippen LogP contribution in [0.4, 0.5) is 21.6 Å². The maximum atomic E-state index is 13.3. The molecule has 0 atom stereocenters. The Morgan fingerprint density at radius 2 is 2.17 bits per heavy atom. The maximum Gasteiger partial charge on any atom is 0.145 e. The molecule has 2 rings (SSSR count). The molecule has 18 heavy (non-hydrogen) atoms. The summed E-state index contributed by atoms with van der Waals surface area (Å²) in [4.78, 5) is 4.15. The first-order chi connectivity index (χ1) is 8.49. The highest BCUT2D eigenvalue weighted by Gasteiger charge is 2.08. The summed E-state index contributed by atoms with van der Waals surface area (Å²) in [5.74, 6) is 0.0911. The highest BCUT2D eigenvalue weighted by Crippen LogP contribution is 2.30. The number of halogens is 3. The molecular weight excluding hydrogens is 321 g/mol. The second-order valence-corrected chi connectivity index (χ2v) is 4.96. The molecule has 0 fully saturated rings. The van der Waals surface area contributed by atoms with E-state index in [0.717, 1.165) is 10.0 Å². The molecular formula is C12H10BrClFN3. The van der Waals surface area contributed by atoms with Gasteiger partial charge in [-0.15, -0.1) is 0 Å². The number of rotatable bonds is 2. The van der Waals surface area contributed by atoms with E-state index < -0.39 is 5.82 Å². The number of hydrogen-bond donors (Lipinski definition) is 2. The summed E-state index contributed by atoms with van der Waals surface area (Å²) in [6, 6.07) is 4.46. The van der Waals surface area contributed by atoms with Crippen molar-refractivity contribution in [1.82, 2.24) is 4.98 Å². The fourth-order valence-electron chi connectivity index (χ4n) is 1.39. The van der Waals surface area contributed by atoms with E-state index in [1.165, 1.54) is 12.1 Å². The Morgan fingerprint density at radius 3 is 2.83 bits per heavy atom. The summed E-state index contributed by atoms with van der Waals surface area (Å²) < 4.78 is 14.0. The van der Waals surface area contributed by atoms with E-state index in [4.69, 9.17) is 17.3 Å². The number of nitrogens with two attached hydrogens (primary N) is 1. The first-order valence-corrected chi connectivity index (χ1v) is 6.29. The van der Waals surface area contributed by atoms with Gasteiger partial charge >= 0.3 is 0 Å². The molecule has 0 radical (unpaired) electrons. The molecule has 0 aliphatic rings. The monoisotopic (exact) mass is 329 g/mol. The first kappa shape index (κ1) is 13.1. The van der Waals surface area contributed by atoms with E-state index in [0.29, 0.717) is 17.2 Å². The minimum absolute atomic E-state index is 0.0843. The van der Waals surface area contributed by atoms with E-state index in [1.807, 2.05) is 6.92 Å². The largest absolute Gasteiger partial charge is 0.397 e. The molecule has 3 N–H and O–H groups in total. The van der Waals surface area contributed by atoms with Crippen LogP contribution in [0.5, 0.6) is 0 Å². The molecule has 1 aromatic carbocycles. The fraction of sp³-hybridized carbons (Fsp3) is 0.0833. The standard InChI is InChI=1S/C12H10BrClFN3/c1-6-10(16)5-17-12(11(6)13)18-7-2-3-8(14)9(15)4-7/h2-5H,16H2,1H3,(H,17,18). The van der Waals surface area contributed by atoms with Crippen molar-refractivity contribution < 1.29 is 4.39 Å². The zero-order chi connectivity index (χ0) is 13.3. The van der Waals surface area contributed by atoms with Gasteiger partial charge in [-0.1, -0.05) is 11.6 Å². The smallest absolute Gasteiger partial charge is 0.145 e. The zero-order valence-electron chi connectivity index (χ0n) is 9.47. The number of anilines is 3. The third-order valence-corrected chi connectivity index (χ3v) is 3.76. The lowest BCUT2D eigenvalue weighted by molar-refractivity contribution is 0.629. The zero-order valence-corrected chi connectivity index (χ0v) is 11.8. The van der Waals surface area contributed by atoms with Crippen LogP contribution in [0, 0.1) is 12.7 Å². The molecule has 0 aliphatic carbocycles. The Morgan fingerprint density at radius 1 is 1.44 bits per heavy atom. The van der Waals surface area contributed by atoms with Gasteiger partial charge in [-0.05, 0) is 46.6 Å². The minimum atomic E-state index is -0.482. The Kier molecular flexibility index (Phi) is 3.73. The van der Waals surface area contributed by atoms with Crippen LogP contribution in [0.3, 0.4) is 0 Å². The average Bonchev–Trinajstić information content (AvgIpc) is 2.34. The quantitative estimate of drug-likeness (QED) is 0.864. The number of aromatic nitrogens is 1. The van der Waals surface area contributed by atoms with Crippen molar-refractivity contribution in [2.75, 3.05) is 11.1 Å². The Bertz CT molecular complexity index is 604. The van der Waals surface area contributed by atoms with E-state index in [9.17, 15) is 4.39 Å². The number of benzene rings is 1. The second kappa shape index (κ2) is 5.12. The summed E-state index contributed by atoms with van der Waals surface area (Å²) in [6.45, 7) is 1.87. The van der Waals surface area contributed by atoms with Crippen LogP contribution in [0.1, 0.15) is 5.56 Å². The molecule has 0 amide bonds. The van der Waals surface area contributed by atoms with Gasteiger partial charge in [0.15, 0.2) is 0 Å². The molecule has 0 bridgehead atoms. The van der Waals surface area contributed by atoms with Crippen molar-refractivity contribution in [3.05, 3.63) is 45.3 Å². The van der Waals surface area contributed by atoms with Gasteiger partial charge in [-0.3, -0.25) is 0 Å². The Hall–Kier alpha value is -1.33. The highest BCUT2D eigenvalue weighted by molar-refractivity contribution is 9.10. The van der Waals surface area contributed by atoms with Crippen molar-refractivity contribution in [2.45, 2.75) is 6.92 Å². The number of hydrogen-bond acceptors (Lipinski definition) is 3. The maximum absolute atomic E-state index is 13.3. The number of nitrogens with zero attached hydrogens (tertiary/aromatic N) is 1. The lowest BCUT2D eigenvalue weighted by atomic mass is 10.2. The third-order valence-electron chi connectivity index (χ3n) is 2.49. The Labute approximate surface area is 117 Å². The third kappa shape index (κ3) is 2.57. The molecule has 1 heterocycles. The summed E-state index contributed by atoms with van der Waals surface area (Å²) in [5.41, 5.74) is 7.76. The molecule has 0 unspecified atom stereocenters. The fourth-order valence-corrected chi connectivity index (χ4v) is 1.94. The van der Waals surface area contributed by atoms with Crippen molar-refractivity contribution in [2.24, 2.45) is 0 Å². The van der Waals surface area contributed by atoms with Crippen LogP contribution in [-0.2, 0) is 0 Å². The molecule has 0 saturated heterocycles. The highest BCUT2D eigenvalue weighted by atomic mass is 79.9. The molecule has 3 nitrogen and oxygen atoms in total. The molecule has 2 aromatic rings. The van der Waals surface area contributed by atoms with Gasteiger partial charge in [-0.25, -0.2) is 9.37 Å². The van der Waals surface area contributed by atoms with Gasteiger partial charge in [0, 0.05) is 5.69 Å². The first-order valence-electron chi connectivity index (χ1n) is 5.11. The molecule has 0 aliphatic heterocycles. The van der Waals surface area contributed by atoms with Crippen LogP contribution in [0.2, 0.25) is 5.02 Å². The van der Waals surface area contributed by atoms with Gasteiger partial charge in [0.2, 0.25) is 0 Å². The molecule has 94 valence electrons. The SMILES string of the molecule is Cc1c(N)cnc(Nc2ccc(Cl)c(F)c2)c1Br. The van der Waals surface area contributed by atoms with Crippen LogP contribution in [-0.4, -0.2) is 4.98 Å². The summed E-state index contributed by atoms with van der Waals surface area (Å²) in [5, 5.41) is 3.08. The summed E-state index contributed by atoms with van der Waals surface area (Å²) in [7, 11) is 0. The van der Waals surface area contributed by atoms with Gasteiger partial charge in [0.05, 0.1) is 21.4 Å². The van der Waals surface area contributed by atoms with Crippen LogP contribution < -0.4 is 11.1 Å². The molecule has 0 saturated carbocycles. The lowest BCUT2D eigenvalue weighted by Crippen LogP contribution is -1.99. The van der Waals surface area contributed by atoms with Crippen LogP contribution >= 0.6 is 27.5 Å². The van der Waals surface area contributed by atoms with E-state index in [1.54, 1.807) is 12.3 Å². The average molecular weight is 331 g/mol. The van der Waals surface area contributed by atoms with Crippen molar-refractivity contribution >= 4 is 44.7 Å². The van der Waals surface area contributed by atoms with Gasteiger partial charge in [0.25, 0.3) is 0 Å². The molecule has 6 heteroatoms. The lowest BCUT2D eigenvalue weighted by Gasteiger charge is -2.11. The van der Waals surface area contributed by atoms with Crippen molar-refractivity contribution in [3.8, 4) is 0 Å². The van der Waals surface area contributed by atoms with Crippen molar-refractivity contribution in [3.63, 3.8) is 0 Å². The van der Waals surface area contributed by atoms with Gasteiger partial charge in [-0.2, -0.15) is 0 Å². The summed E-state index contributed by atoms with van der Waals surface area (Å²) in [6.07, 6.45) is 1.55. The predicted molar refractivity (Wildman–Crippen MR) is 75.8 cm³/mol. The minimum Gasteiger partial charge on any atom is -0.397 e. The number of pyridine rings is 1. The summed E-state index contributed by atoms with van der Waals surface area (Å²) >= 11 is 9.01. The van der Waals surface area contributed by atoms with Gasteiger partial charge in [0.1, 0.15) is 11.6 Å². The van der Waals surface area contributed by atoms with E-state index in [2.05, 4.69) is 26.2 Å². The predicted octanol–water partition coefficient (Wildman–Crippen LogP) is 4.27. The van der Waals surface area contributed by atoms with Crippen LogP contribution in [0.15, 0.2) is 28.9 Å².